The zero-order valence-corrected chi connectivity index (χ0v) is 14.4. The van der Waals surface area contributed by atoms with Gasteiger partial charge < -0.3 is 5.32 Å². The Bertz CT molecular complexity index is 418. The summed E-state index contributed by atoms with van der Waals surface area (Å²) in [4.78, 5) is 0. The molecule has 120 valence electrons. The molecular weight excluding hydrogens is 258 g/mol. The van der Waals surface area contributed by atoms with Crippen molar-refractivity contribution in [3.63, 3.8) is 0 Å². The van der Waals surface area contributed by atoms with Gasteiger partial charge in [-0.1, -0.05) is 47.0 Å². The lowest BCUT2D eigenvalue weighted by Gasteiger charge is -2.30. The molecular formula is C18H33N3. The Kier molecular flexibility index (Phi) is 5.86. The molecule has 3 nitrogen and oxygen atoms in total. The van der Waals surface area contributed by atoms with E-state index in [0.717, 1.165) is 13.0 Å². The van der Waals surface area contributed by atoms with Gasteiger partial charge in [-0.15, -0.1) is 0 Å². The van der Waals surface area contributed by atoms with Gasteiger partial charge in [-0.2, -0.15) is 5.10 Å². The van der Waals surface area contributed by atoms with Gasteiger partial charge in [-0.3, -0.25) is 4.68 Å². The molecule has 1 atom stereocenters. The lowest BCUT2D eigenvalue weighted by Crippen LogP contribution is -2.37. The minimum absolute atomic E-state index is 0.313. The van der Waals surface area contributed by atoms with Crippen LogP contribution in [-0.4, -0.2) is 22.4 Å². The summed E-state index contributed by atoms with van der Waals surface area (Å²) in [5.41, 5.74) is 1.58. The van der Waals surface area contributed by atoms with Gasteiger partial charge in [0.1, 0.15) is 0 Å². The van der Waals surface area contributed by atoms with Crippen LogP contribution in [0.1, 0.15) is 78.0 Å². The number of hydrogen-bond donors (Lipinski definition) is 1. The number of rotatable bonds is 8. The van der Waals surface area contributed by atoms with Crippen LogP contribution in [0.4, 0.5) is 0 Å². The summed E-state index contributed by atoms with van der Waals surface area (Å²) in [7, 11) is 0. The van der Waals surface area contributed by atoms with Crippen LogP contribution >= 0.6 is 0 Å². The predicted molar refractivity (Wildman–Crippen MR) is 89.6 cm³/mol. The van der Waals surface area contributed by atoms with E-state index < -0.39 is 0 Å². The quantitative estimate of drug-likeness (QED) is 0.772. The van der Waals surface area contributed by atoms with Crippen LogP contribution in [0.25, 0.3) is 0 Å². The fraction of sp³-hybridized carbons (Fsp3) is 0.833. The predicted octanol–water partition coefficient (Wildman–Crippen LogP) is 4.35. The molecule has 2 rings (SSSR count). The smallest absolute Gasteiger partial charge is 0.0630 e. The highest BCUT2D eigenvalue weighted by atomic mass is 15.3. The molecule has 1 heterocycles. The molecule has 1 aromatic heterocycles. The maximum absolute atomic E-state index is 4.88. The number of aromatic nitrogens is 2. The number of nitrogens with zero attached hydrogens (tertiary/aromatic N) is 2. The van der Waals surface area contributed by atoms with E-state index in [1.807, 2.05) is 0 Å². The summed E-state index contributed by atoms with van der Waals surface area (Å²) in [6.07, 6.45) is 11.1. The highest BCUT2D eigenvalue weighted by Gasteiger charge is 2.26. The van der Waals surface area contributed by atoms with E-state index in [1.165, 1.54) is 44.2 Å². The van der Waals surface area contributed by atoms with Crippen LogP contribution in [0.2, 0.25) is 0 Å². The van der Waals surface area contributed by atoms with Gasteiger partial charge in [0.2, 0.25) is 0 Å². The second-order valence-corrected chi connectivity index (χ2v) is 7.50. The Labute approximate surface area is 130 Å². The summed E-state index contributed by atoms with van der Waals surface area (Å²) in [5, 5.41) is 8.49. The first-order valence-corrected chi connectivity index (χ1v) is 8.80. The van der Waals surface area contributed by atoms with Crippen molar-refractivity contribution in [1.29, 1.82) is 0 Å². The average molecular weight is 291 g/mol. The van der Waals surface area contributed by atoms with Crippen molar-refractivity contribution in [3.8, 4) is 0 Å². The number of nitrogens with one attached hydrogen (secondary N) is 1. The molecule has 0 bridgehead atoms. The molecule has 1 fully saturated rings. The van der Waals surface area contributed by atoms with Gasteiger partial charge in [0.05, 0.1) is 11.7 Å². The van der Waals surface area contributed by atoms with E-state index in [-0.39, 0.29) is 0 Å². The molecule has 0 amide bonds. The Morgan fingerprint density at radius 3 is 2.71 bits per heavy atom. The Hall–Kier alpha value is -0.830. The molecule has 0 radical (unpaired) electrons. The van der Waals surface area contributed by atoms with Crippen LogP contribution in [0, 0.1) is 5.41 Å². The Balaban J connectivity index is 1.98. The second kappa shape index (κ2) is 7.44. The maximum atomic E-state index is 4.88. The van der Waals surface area contributed by atoms with Gasteiger partial charge in [-0.25, -0.2) is 0 Å². The van der Waals surface area contributed by atoms with Gasteiger partial charge in [0.15, 0.2) is 0 Å². The molecule has 1 aliphatic rings. The second-order valence-electron chi connectivity index (χ2n) is 7.50. The van der Waals surface area contributed by atoms with Crippen molar-refractivity contribution in [2.45, 2.75) is 84.7 Å². The summed E-state index contributed by atoms with van der Waals surface area (Å²) >= 11 is 0. The Morgan fingerprint density at radius 1 is 1.38 bits per heavy atom. The van der Waals surface area contributed by atoms with Crippen LogP contribution in [0.15, 0.2) is 12.3 Å². The van der Waals surface area contributed by atoms with Crippen molar-refractivity contribution >= 4 is 0 Å². The van der Waals surface area contributed by atoms with Crippen molar-refractivity contribution in [2.75, 3.05) is 6.54 Å². The van der Waals surface area contributed by atoms with Crippen molar-refractivity contribution < 1.29 is 0 Å². The lowest BCUT2D eigenvalue weighted by molar-refractivity contribution is 0.263. The van der Waals surface area contributed by atoms with E-state index in [4.69, 9.17) is 5.10 Å². The van der Waals surface area contributed by atoms with Crippen molar-refractivity contribution in [2.24, 2.45) is 5.41 Å². The fourth-order valence-electron chi connectivity index (χ4n) is 3.57. The molecule has 1 saturated carbocycles. The molecule has 0 spiro atoms. The fourth-order valence-corrected chi connectivity index (χ4v) is 3.57. The zero-order chi connectivity index (χ0) is 15.3. The van der Waals surface area contributed by atoms with E-state index >= 15 is 0 Å². The topological polar surface area (TPSA) is 29.9 Å². The van der Waals surface area contributed by atoms with E-state index in [9.17, 15) is 0 Å². The minimum atomic E-state index is 0.313. The van der Waals surface area contributed by atoms with Crippen molar-refractivity contribution in [1.82, 2.24) is 15.1 Å². The SMILES string of the molecule is CCCC(C)(CNC(C)C)Cc1ccn(C2CCCC2)n1. The van der Waals surface area contributed by atoms with Gasteiger partial charge in [0, 0.05) is 18.8 Å². The molecule has 1 N–H and O–H groups in total. The third kappa shape index (κ3) is 4.84. The third-order valence-corrected chi connectivity index (χ3v) is 4.76. The zero-order valence-electron chi connectivity index (χ0n) is 14.4. The summed E-state index contributed by atoms with van der Waals surface area (Å²) in [5.74, 6) is 0. The first kappa shape index (κ1) is 16.5. The highest BCUT2D eigenvalue weighted by Crippen LogP contribution is 2.31. The maximum Gasteiger partial charge on any atom is 0.0630 e. The van der Waals surface area contributed by atoms with E-state index in [2.05, 4.69) is 50.0 Å². The summed E-state index contributed by atoms with van der Waals surface area (Å²) in [6, 6.07) is 3.45. The monoisotopic (exact) mass is 291 g/mol. The van der Waals surface area contributed by atoms with E-state index in [1.54, 1.807) is 0 Å². The lowest BCUT2D eigenvalue weighted by atomic mass is 9.81. The molecule has 1 aromatic rings. The van der Waals surface area contributed by atoms with Gasteiger partial charge in [-0.05, 0) is 37.2 Å². The highest BCUT2D eigenvalue weighted by molar-refractivity contribution is 5.04. The van der Waals surface area contributed by atoms with Gasteiger partial charge in [0.25, 0.3) is 0 Å². The molecule has 21 heavy (non-hydrogen) atoms. The summed E-state index contributed by atoms with van der Waals surface area (Å²) in [6.45, 7) is 10.2. The average Bonchev–Trinajstić information content (AvgIpc) is 3.07. The molecule has 0 aliphatic heterocycles. The first-order chi connectivity index (χ1) is 10.0. The third-order valence-electron chi connectivity index (χ3n) is 4.76. The Morgan fingerprint density at radius 2 is 2.10 bits per heavy atom. The first-order valence-electron chi connectivity index (χ1n) is 8.80. The summed E-state index contributed by atoms with van der Waals surface area (Å²) < 4.78 is 2.23. The number of hydrogen-bond acceptors (Lipinski definition) is 2. The van der Waals surface area contributed by atoms with Crippen molar-refractivity contribution in [3.05, 3.63) is 18.0 Å². The largest absolute Gasteiger partial charge is 0.314 e. The molecule has 1 aliphatic carbocycles. The molecule has 1 unspecified atom stereocenters. The van der Waals surface area contributed by atoms with Crippen LogP contribution < -0.4 is 5.32 Å². The standard InChI is InChI=1S/C18H33N3/c1-5-11-18(4,14-19-15(2)3)13-16-10-12-21(20-16)17-8-6-7-9-17/h10,12,15,17,19H,5-9,11,13-14H2,1-4H3. The molecule has 0 saturated heterocycles. The molecule has 3 heteroatoms. The normalized spacial score (nSPS) is 19.3. The van der Waals surface area contributed by atoms with Crippen LogP contribution in [-0.2, 0) is 6.42 Å². The van der Waals surface area contributed by atoms with Crippen LogP contribution in [0.3, 0.4) is 0 Å². The minimum Gasteiger partial charge on any atom is -0.314 e. The molecule has 0 aromatic carbocycles. The van der Waals surface area contributed by atoms with E-state index in [0.29, 0.717) is 17.5 Å². The van der Waals surface area contributed by atoms with Crippen LogP contribution in [0.5, 0.6) is 0 Å². The van der Waals surface area contributed by atoms with Gasteiger partial charge >= 0.3 is 0 Å².